The van der Waals surface area contributed by atoms with Crippen LogP contribution in [0, 0.1) is 5.82 Å². The molecule has 0 aliphatic carbocycles. The summed E-state index contributed by atoms with van der Waals surface area (Å²) in [6, 6.07) is 6.34. The second kappa shape index (κ2) is 3.30. The molecular weight excluding hydrogens is 187 g/mol. The smallest absolute Gasteiger partial charge is 0.173 e. The van der Waals surface area contributed by atoms with Crippen LogP contribution < -0.4 is 10.2 Å². The number of nitrogens with one attached hydrogen (secondary N) is 1. The Hall–Kier alpha value is -1.16. The summed E-state index contributed by atoms with van der Waals surface area (Å²) in [5.41, 5.74) is 0.941. The fourth-order valence-corrected chi connectivity index (χ4v) is 1.64. The summed E-state index contributed by atoms with van der Waals surface area (Å²) < 4.78 is 12.6. The van der Waals surface area contributed by atoms with Crippen LogP contribution in [0.3, 0.4) is 0 Å². The molecule has 0 saturated carbocycles. The number of hydrogen-bond donors (Lipinski definition) is 1. The summed E-state index contributed by atoms with van der Waals surface area (Å²) in [5, 5.41) is 3.76. The monoisotopic (exact) mass is 196 g/mol. The number of hydrogen-bond acceptors (Lipinski definition) is 1. The lowest BCUT2D eigenvalue weighted by molar-refractivity contribution is 0.628. The predicted molar refractivity (Wildman–Crippen MR) is 54.3 cm³/mol. The minimum absolute atomic E-state index is 0.221. The molecule has 0 bridgehead atoms. The number of thiocarbonyl (C=S) groups is 1. The van der Waals surface area contributed by atoms with Gasteiger partial charge in [0.1, 0.15) is 5.82 Å². The zero-order valence-corrected chi connectivity index (χ0v) is 7.77. The van der Waals surface area contributed by atoms with Gasteiger partial charge in [0.2, 0.25) is 0 Å². The summed E-state index contributed by atoms with van der Waals surface area (Å²) in [7, 11) is 0. The van der Waals surface area contributed by atoms with Crippen LogP contribution in [-0.4, -0.2) is 18.2 Å². The van der Waals surface area contributed by atoms with E-state index in [0.29, 0.717) is 5.11 Å². The molecule has 1 fully saturated rings. The van der Waals surface area contributed by atoms with Gasteiger partial charge in [-0.1, -0.05) is 0 Å². The first-order chi connectivity index (χ1) is 6.27. The Morgan fingerprint density at radius 1 is 1.31 bits per heavy atom. The van der Waals surface area contributed by atoms with Gasteiger partial charge in [-0.3, -0.25) is 0 Å². The minimum Gasteiger partial charge on any atom is -0.360 e. The molecule has 1 N–H and O–H groups in total. The predicted octanol–water partition coefficient (Wildman–Crippen LogP) is 1.52. The average molecular weight is 196 g/mol. The third kappa shape index (κ3) is 1.62. The molecule has 4 heteroatoms. The SMILES string of the molecule is Fc1ccc(N2CCNC2=S)cc1. The molecule has 1 aliphatic heterocycles. The van der Waals surface area contributed by atoms with Gasteiger partial charge >= 0.3 is 0 Å². The molecule has 2 rings (SSSR count). The highest BCUT2D eigenvalue weighted by Crippen LogP contribution is 2.16. The number of anilines is 1. The standard InChI is InChI=1S/C9H9FN2S/c10-7-1-3-8(4-2-7)12-6-5-11-9(12)13/h1-4H,5-6H2,(H,11,13). The number of nitrogens with zero attached hydrogens (tertiary/aromatic N) is 1. The summed E-state index contributed by atoms with van der Waals surface area (Å²) in [4.78, 5) is 1.95. The van der Waals surface area contributed by atoms with E-state index in [1.807, 2.05) is 4.90 Å². The highest BCUT2D eigenvalue weighted by molar-refractivity contribution is 7.80. The van der Waals surface area contributed by atoms with Gasteiger partial charge in [0.25, 0.3) is 0 Å². The Balaban J connectivity index is 2.25. The molecule has 1 heterocycles. The molecule has 0 atom stereocenters. The van der Waals surface area contributed by atoms with Crippen molar-refractivity contribution in [3.05, 3.63) is 30.1 Å². The van der Waals surface area contributed by atoms with E-state index in [0.717, 1.165) is 18.8 Å². The molecule has 0 amide bonds. The van der Waals surface area contributed by atoms with Crippen LogP contribution in [-0.2, 0) is 0 Å². The van der Waals surface area contributed by atoms with Crippen molar-refractivity contribution in [2.24, 2.45) is 0 Å². The Morgan fingerprint density at radius 3 is 2.54 bits per heavy atom. The second-order valence-corrected chi connectivity index (χ2v) is 3.25. The van der Waals surface area contributed by atoms with Crippen molar-refractivity contribution in [3.8, 4) is 0 Å². The van der Waals surface area contributed by atoms with E-state index in [-0.39, 0.29) is 5.82 Å². The largest absolute Gasteiger partial charge is 0.360 e. The summed E-state index contributed by atoms with van der Waals surface area (Å²) in [6.45, 7) is 1.71. The fourth-order valence-electron chi connectivity index (χ4n) is 1.34. The first kappa shape index (κ1) is 8.44. The Labute approximate surface area is 81.4 Å². The van der Waals surface area contributed by atoms with Crippen LogP contribution in [0.4, 0.5) is 10.1 Å². The molecule has 1 aromatic carbocycles. The number of rotatable bonds is 1. The fraction of sp³-hybridized carbons (Fsp3) is 0.222. The van der Waals surface area contributed by atoms with Gasteiger partial charge in [-0.2, -0.15) is 0 Å². The molecule has 0 spiro atoms. The molecule has 0 aromatic heterocycles. The molecule has 0 unspecified atom stereocenters. The summed E-state index contributed by atoms with van der Waals surface area (Å²) in [5.74, 6) is -0.221. The highest BCUT2D eigenvalue weighted by atomic mass is 32.1. The zero-order chi connectivity index (χ0) is 9.26. The Kier molecular flexibility index (Phi) is 2.14. The maximum Gasteiger partial charge on any atom is 0.173 e. The van der Waals surface area contributed by atoms with Crippen molar-refractivity contribution in [3.63, 3.8) is 0 Å². The van der Waals surface area contributed by atoms with E-state index in [4.69, 9.17) is 12.2 Å². The van der Waals surface area contributed by atoms with E-state index in [1.54, 1.807) is 12.1 Å². The Bertz CT molecular complexity index is 323. The number of halogens is 1. The number of benzene rings is 1. The average Bonchev–Trinajstić information content (AvgIpc) is 2.53. The summed E-state index contributed by atoms with van der Waals surface area (Å²) >= 11 is 5.08. The maximum absolute atomic E-state index is 12.6. The topological polar surface area (TPSA) is 15.3 Å². The van der Waals surface area contributed by atoms with Crippen molar-refractivity contribution in [2.45, 2.75) is 0 Å². The lowest BCUT2D eigenvalue weighted by atomic mass is 10.3. The molecular formula is C9H9FN2S. The van der Waals surface area contributed by atoms with Crippen LogP contribution in [0.25, 0.3) is 0 Å². The quantitative estimate of drug-likeness (QED) is 0.686. The van der Waals surface area contributed by atoms with Crippen LogP contribution in [0.2, 0.25) is 0 Å². The van der Waals surface area contributed by atoms with E-state index >= 15 is 0 Å². The minimum atomic E-state index is -0.221. The summed E-state index contributed by atoms with van der Waals surface area (Å²) in [6.07, 6.45) is 0. The molecule has 68 valence electrons. The van der Waals surface area contributed by atoms with E-state index in [2.05, 4.69) is 5.32 Å². The normalized spacial score (nSPS) is 16.1. The lowest BCUT2D eigenvalue weighted by Crippen LogP contribution is -2.27. The van der Waals surface area contributed by atoms with E-state index < -0.39 is 0 Å². The van der Waals surface area contributed by atoms with Gasteiger partial charge in [-0.05, 0) is 36.5 Å². The third-order valence-electron chi connectivity index (χ3n) is 2.00. The molecule has 1 aromatic rings. The first-order valence-corrected chi connectivity index (χ1v) is 4.49. The van der Waals surface area contributed by atoms with E-state index in [9.17, 15) is 4.39 Å². The van der Waals surface area contributed by atoms with Gasteiger partial charge in [0.05, 0.1) is 0 Å². The van der Waals surface area contributed by atoms with Gasteiger partial charge in [0.15, 0.2) is 5.11 Å². The Morgan fingerprint density at radius 2 is 2.00 bits per heavy atom. The van der Waals surface area contributed by atoms with Crippen molar-refractivity contribution >= 4 is 23.0 Å². The lowest BCUT2D eigenvalue weighted by Gasteiger charge is -2.15. The molecule has 13 heavy (non-hydrogen) atoms. The van der Waals surface area contributed by atoms with Crippen LogP contribution in [0.15, 0.2) is 24.3 Å². The second-order valence-electron chi connectivity index (χ2n) is 2.86. The third-order valence-corrected chi connectivity index (χ3v) is 2.36. The van der Waals surface area contributed by atoms with Crippen molar-refractivity contribution in [2.75, 3.05) is 18.0 Å². The van der Waals surface area contributed by atoms with Gasteiger partial charge in [0, 0.05) is 18.8 Å². The zero-order valence-electron chi connectivity index (χ0n) is 6.96. The van der Waals surface area contributed by atoms with Crippen LogP contribution in [0.1, 0.15) is 0 Å². The van der Waals surface area contributed by atoms with Gasteiger partial charge in [-0.15, -0.1) is 0 Å². The van der Waals surface area contributed by atoms with Crippen LogP contribution in [0.5, 0.6) is 0 Å². The van der Waals surface area contributed by atoms with Gasteiger partial charge < -0.3 is 10.2 Å². The molecule has 1 aliphatic rings. The maximum atomic E-state index is 12.6. The van der Waals surface area contributed by atoms with Gasteiger partial charge in [-0.25, -0.2) is 4.39 Å². The first-order valence-electron chi connectivity index (χ1n) is 4.08. The molecule has 0 radical (unpaired) electrons. The highest BCUT2D eigenvalue weighted by Gasteiger charge is 2.16. The van der Waals surface area contributed by atoms with Crippen molar-refractivity contribution in [1.82, 2.24) is 5.32 Å². The van der Waals surface area contributed by atoms with Crippen LogP contribution >= 0.6 is 12.2 Å². The molecule has 2 nitrogen and oxygen atoms in total. The van der Waals surface area contributed by atoms with E-state index in [1.165, 1.54) is 12.1 Å². The molecule has 1 saturated heterocycles. The van der Waals surface area contributed by atoms with Crippen molar-refractivity contribution in [1.29, 1.82) is 0 Å². The van der Waals surface area contributed by atoms with Crippen molar-refractivity contribution < 1.29 is 4.39 Å².